The van der Waals surface area contributed by atoms with Crippen LogP contribution in [0.1, 0.15) is 62.1 Å². The molecule has 8 nitrogen and oxygen atoms in total. The highest BCUT2D eigenvalue weighted by atomic mass is 35.5. The van der Waals surface area contributed by atoms with Gasteiger partial charge in [-0.1, -0.05) is 24.4 Å². The SMILES string of the molecule is C[C@@H](CC(=O)c1cc(C#CCCO)ncn1)c1ncc(C(=O)Nc2cc(C(F)(F)F)c(Cl)cn2)s1. The van der Waals surface area contributed by atoms with Gasteiger partial charge in [0.1, 0.15) is 28.4 Å². The minimum atomic E-state index is -4.70. The van der Waals surface area contributed by atoms with Gasteiger partial charge in [0.05, 0.1) is 28.4 Å². The largest absolute Gasteiger partial charge is 0.418 e. The minimum absolute atomic E-state index is 0.0444. The summed E-state index contributed by atoms with van der Waals surface area (Å²) in [6.45, 7) is 1.66. The number of nitrogens with one attached hydrogen (secondary N) is 1. The van der Waals surface area contributed by atoms with Crippen molar-refractivity contribution < 1.29 is 27.9 Å². The first-order valence-corrected chi connectivity index (χ1v) is 11.2. The number of alkyl halides is 3. The quantitative estimate of drug-likeness (QED) is 0.349. The van der Waals surface area contributed by atoms with Gasteiger partial charge < -0.3 is 10.4 Å². The molecule has 0 unspecified atom stereocenters. The Bertz CT molecular complexity index is 1300. The Balaban J connectivity index is 1.66. The van der Waals surface area contributed by atoms with Crippen molar-refractivity contribution in [2.24, 2.45) is 0 Å². The predicted octanol–water partition coefficient (Wildman–Crippen LogP) is 4.36. The summed E-state index contributed by atoms with van der Waals surface area (Å²) < 4.78 is 39.0. The Morgan fingerprint density at radius 3 is 2.69 bits per heavy atom. The first-order chi connectivity index (χ1) is 16.6. The molecule has 35 heavy (non-hydrogen) atoms. The number of carbonyl (C=O) groups excluding carboxylic acids is 2. The summed E-state index contributed by atoms with van der Waals surface area (Å²) in [7, 11) is 0. The number of rotatable bonds is 7. The van der Waals surface area contributed by atoms with E-state index in [1.54, 1.807) is 6.92 Å². The molecule has 3 aromatic heterocycles. The number of hydrogen-bond donors (Lipinski definition) is 2. The van der Waals surface area contributed by atoms with E-state index in [4.69, 9.17) is 16.7 Å². The van der Waals surface area contributed by atoms with Gasteiger partial charge in [-0.05, 0) is 12.0 Å². The standard InChI is InChI=1S/C22H17ClF3N5O3S/c1-12(6-17(33)16-7-13(29-11-30-16)4-2-3-5-32)21-28-10-18(35-21)20(34)31-19-8-14(22(24,25)26)15(23)9-27-19/h7-12,32H,3,5-6H2,1H3,(H,27,31,34)/t12-/m0/s1. The zero-order chi connectivity index (χ0) is 25.6. The summed E-state index contributed by atoms with van der Waals surface area (Å²) in [6, 6.07) is 2.10. The van der Waals surface area contributed by atoms with Crippen LogP contribution in [0.3, 0.4) is 0 Å². The van der Waals surface area contributed by atoms with Crippen LogP contribution in [-0.2, 0) is 6.18 Å². The summed E-state index contributed by atoms with van der Waals surface area (Å²) in [6.07, 6.45) is -1.07. The van der Waals surface area contributed by atoms with E-state index in [1.165, 1.54) is 18.6 Å². The van der Waals surface area contributed by atoms with Crippen molar-refractivity contribution in [3.63, 3.8) is 0 Å². The average Bonchev–Trinajstić information content (AvgIpc) is 3.31. The first-order valence-electron chi connectivity index (χ1n) is 10.0. The molecule has 3 heterocycles. The fraction of sp³-hybridized carbons (Fsp3) is 0.273. The van der Waals surface area contributed by atoms with Crippen molar-refractivity contribution in [3.05, 3.63) is 62.7 Å². The van der Waals surface area contributed by atoms with Crippen LogP contribution in [0.5, 0.6) is 0 Å². The van der Waals surface area contributed by atoms with Crippen LogP contribution in [-0.4, -0.2) is 43.3 Å². The van der Waals surface area contributed by atoms with Gasteiger partial charge in [0.25, 0.3) is 5.91 Å². The van der Waals surface area contributed by atoms with Gasteiger partial charge in [0.15, 0.2) is 5.78 Å². The molecule has 1 atom stereocenters. The van der Waals surface area contributed by atoms with E-state index in [-0.39, 0.29) is 47.5 Å². The predicted molar refractivity (Wildman–Crippen MR) is 122 cm³/mol. The summed E-state index contributed by atoms with van der Waals surface area (Å²) in [4.78, 5) is 41.1. The lowest BCUT2D eigenvalue weighted by atomic mass is 10.0. The highest BCUT2D eigenvalue weighted by molar-refractivity contribution is 7.13. The van der Waals surface area contributed by atoms with Gasteiger partial charge in [-0.25, -0.2) is 19.9 Å². The molecule has 0 aromatic carbocycles. The lowest BCUT2D eigenvalue weighted by Gasteiger charge is -2.10. The van der Waals surface area contributed by atoms with Crippen LogP contribution < -0.4 is 5.32 Å². The number of Topliss-reactive ketones (excluding diaryl/α,β-unsaturated/α-hetero) is 1. The number of anilines is 1. The van der Waals surface area contributed by atoms with Gasteiger partial charge in [-0.15, -0.1) is 11.3 Å². The van der Waals surface area contributed by atoms with Crippen LogP contribution in [0.4, 0.5) is 19.0 Å². The molecule has 0 fully saturated rings. The number of carbonyl (C=O) groups is 2. The summed E-state index contributed by atoms with van der Waals surface area (Å²) >= 11 is 6.55. The number of thiazole rings is 1. The number of aromatic nitrogens is 4. The summed E-state index contributed by atoms with van der Waals surface area (Å²) in [5.41, 5.74) is -0.597. The zero-order valence-electron chi connectivity index (χ0n) is 18.1. The van der Waals surface area contributed by atoms with Crippen molar-refractivity contribution in [1.82, 2.24) is 19.9 Å². The fourth-order valence-corrected chi connectivity index (χ4v) is 3.85. The molecule has 0 bridgehead atoms. The van der Waals surface area contributed by atoms with E-state index in [9.17, 15) is 22.8 Å². The number of ketones is 1. The van der Waals surface area contributed by atoms with E-state index in [0.29, 0.717) is 16.8 Å². The van der Waals surface area contributed by atoms with Gasteiger partial charge in [0.2, 0.25) is 0 Å². The van der Waals surface area contributed by atoms with Crippen molar-refractivity contribution in [2.45, 2.75) is 31.9 Å². The molecule has 3 aromatic rings. The summed E-state index contributed by atoms with van der Waals surface area (Å²) in [5.74, 6) is 3.79. The highest BCUT2D eigenvalue weighted by Crippen LogP contribution is 2.35. The molecule has 0 aliphatic rings. The molecule has 0 radical (unpaired) electrons. The van der Waals surface area contributed by atoms with E-state index in [2.05, 4.69) is 37.1 Å². The van der Waals surface area contributed by atoms with Crippen LogP contribution in [0.2, 0.25) is 5.02 Å². The maximum absolute atomic E-state index is 13.0. The third kappa shape index (κ3) is 7.05. The third-order valence-corrected chi connectivity index (χ3v) is 6.00. The molecule has 182 valence electrons. The van der Waals surface area contributed by atoms with Crippen molar-refractivity contribution >= 4 is 40.4 Å². The number of hydrogen-bond acceptors (Lipinski definition) is 8. The Morgan fingerprint density at radius 1 is 1.20 bits per heavy atom. The van der Waals surface area contributed by atoms with Crippen molar-refractivity contribution in [3.8, 4) is 11.8 Å². The fourth-order valence-electron chi connectivity index (χ4n) is 2.78. The van der Waals surface area contributed by atoms with Crippen molar-refractivity contribution in [1.29, 1.82) is 0 Å². The second-order valence-electron chi connectivity index (χ2n) is 7.16. The smallest absolute Gasteiger partial charge is 0.395 e. The molecule has 1 amide bonds. The Labute approximate surface area is 206 Å². The zero-order valence-corrected chi connectivity index (χ0v) is 19.6. The minimum Gasteiger partial charge on any atom is -0.395 e. The first kappa shape index (κ1) is 26.2. The van der Waals surface area contributed by atoms with Crippen LogP contribution >= 0.6 is 22.9 Å². The Kier molecular flexibility index (Phi) is 8.50. The van der Waals surface area contributed by atoms with E-state index in [1.807, 2.05) is 0 Å². The molecule has 0 aliphatic carbocycles. The maximum Gasteiger partial charge on any atom is 0.418 e. The Morgan fingerprint density at radius 2 is 1.97 bits per heavy atom. The molecular weight excluding hydrogens is 507 g/mol. The lowest BCUT2D eigenvalue weighted by Crippen LogP contribution is -2.13. The van der Waals surface area contributed by atoms with Gasteiger partial charge in [-0.3, -0.25) is 9.59 Å². The molecule has 0 saturated heterocycles. The molecule has 13 heteroatoms. The van der Waals surface area contributed by atoms with E-state index < -0.39 is 22.7 Å². The van der Waals surface area contributed by atoms with Crippen LogP contribution in [0.25, 0.3) is 0 Å². The molecular formula is C22H17ClF3N5O3S. The lowest BCUT2D eigenvalue weighted by molar-refractivity contribution is -0.137. The monoisotopic (exact) mass is 523 g/mol. The van der Waals surface area contributed by atoms with Crippen molar-refractivity contribution in [2.75, 3.05) is 11.9 Å². The number of aliphatic hydroxyl groups is 1. The number of nitrogens with zero attached hydrogens (tertiary/aromatic N) is 4. The number of amides is 1. The third-order valence-electron chi connectivity index (χ3n) is 4.47. The second-order valence-corrected chi connectivity index (χ2v) is 8.63. The Hall–Kier alpha value is -3.40. The summed E-state index contributed by atoms with van der Waals surface area (Å²) in [5, 5.41) is 11.0. The number of aliphatic hydroxyl groups excluding tert-OH is 1. The molecule has 3 rings (SSSR count). The maximum atomic E-state index is 13.0. The van der Waals surface area contributed by atoms with Crippen LogP contribution in [0, 0.1) is 11.8 Å². The van der Waals surface area contributed by atoms with Crippen LogP contribution in [0.15, 0.2) is 30.9 Å². The van der Waals surface area contributed by atoms with Gasteiger partial charge >= 0.3 is 6.18 Å². The molecule has 0 spiro atoms. The number of pyridine rings is 1. The van der Waals surface area contributed by atoms with Gasteiger partial charge in [-0.2, -0.15) is 13.2 Å². The highest BCUT2D eigenvalue weighted by Gasteiger charge is 2.34. The molecule has 0 aliphatic heterocycles. The number of halogens is 4. The van der Waals surface area contributed by atoms with E-state index in [0.717, 1.165) is 17.5 Å². The van der Waals surface area contributed by atoms with E-state index >= 15 is 0 Å². The topological polar surface area (TPSA) is 118 Å². The average molecular weight is 524 g/mol. The molecule has 2 N–H and O–H groups in total. The molecule has 0 saturated carbocycles. The van der Waals surface area contributed by atoms with Gasteiger partial charge in [0, 0.05) is 31.0 Å². The second kappa shape index (κ2) is 11.4. The normalized spacial score (nSPS) is 11.9.